The quantitative estimate of drug-likeness (QED) is 0.144. The number of carbonyl (C=O) groups excluding carboxylic acids is 3. The summed E-state index contributed by atoms with van der Waals surface area (Å²) in [5.74, 6) is -2.24. The van der Waals surface area contributed by atoms with Gasteiger partial charge in [0, 0.05) is 48.5 Å². The number of allylic oxidation sites excluding steroid dienone is 1. The number of benzene rings is 1. The lowest BCUT2D eigenvalue weighted by molar-refractivity contribution is -0.235. The maximum atomic E-state index is 14.8. The molecule has 0 bridgehead atoms. The van der Waals surface area contributed by atoms with E-state index in [1.165, 1.54) is 5.57 Å². The van der Waals surface area contributed by atoms with E-state index in [-0.39, 0.29) is 70.6 Å². The maximum Gasteiger partial charge on any atom is 0.309 e. The van der Waals surface area contributed by atoms with Crippen molar-refractivity contribution in [1.29, 1.82) is 0 Å². The molecule has 0 aromatic heterocycles. The van der Waals surface area contributed by atoms with Crippen LogP contribution in [0, 0.1) is 61.6 Å². The lowest BCUT2D eigenvalue weighted by Gasteiger charge is -2.72. The number of ether oxygens (including phenoxy) is 2. The highest BCUT2D eigenvalue weighted by Gasteiger charge is 2.71. The van der Waals surface area contributed by atoms with Crippen LogP contribution in [0.25, 0.3) is 0 Å². The second kappa shape index (κ2) is 18.6. The molecule has 9 atom stereocenters. The average molecular weight is 938 g/mol. The Balaban J connectivity index is 1.38. The molecule has 0 aliphatic heterocycles. The number of carboxylic acids is 2. The fourth-order valence-corrected chi connectivity index (χ4v) is 14.6. The zero-order valence-corrected chi connectivity index (χ0v) is 43.2. The zero-order chi connectivity index (χ0) is 49.2. The predicted molar refractivity (Wildman–Crippen MR) is 257 cm³/mol. The number of aliphatic carboxylic acids is 2. The van der Waals surface area contributed by atoms with Crippen molar-refractivity contribution in [3.63, 3.8) is 0 Å². The fraction of sp³-hybridized carbons (Fsp3) is 0.759. The van der Waals surface area contributed by atoms with Gasteiger partial charge in [0.05, 0.1) is 23.7 Å². The van der Waals surface area contributed by atoms with E-state index in [4.69, 9.17) is 21.1 Å². The van der Waals surface area contributed by atoms with Gasteiger partial charge in [0.15, 0.2) is 5.78 Å². The van der Waals surface area contributed by atoms with E-state index in [2.05, 4.69) is 58.3 Å². The number of fused-ring (bicyclic) bond motifs is 7. The van der Waals surface area contributed by atoms with Crippen LogP contribution in [0.5, 0.6) is 0 Å². The van der Waals surface area contributed by atoms with Gasteiger partial charge in [-0.25, -0.2) is 0 Å². The Kier molecular flexibility index (Phi) is 14.7. The Morgan fingerprint density at radius 2 is 1.39 bits per heavy atom. The van der Waals surface area contributed by atoms with E-state index < -0.39 is 46.2 Å². The molecule has 368 valence electrons. The van der Waals surface area contributed by atoms with Crippen LogP contribution in [-0.4, -0.2) is 95.6 Å². The number of halogens is 1. The van der Waals surface area contributed by atoms with Crippen molar-refractivity contribution in [1.82, 2.24) is 9.80 Å². The summed E-state index contributed by atoms with van der Waals surface area (Å²) in [4.78, 5) is 71.0. The third-order valence-electron chi connectivity index (χ3n) is 18.5. The highest BCUT2D eigenvalue weighted by atomic mass is 35.5. The highest BCUT2D eigenvalue weighted by molar-refractivity contribution is 6.30. The van der Waals surface area contributed by atoms with Crippen LogP contribution < -0.4 is 0 Å². The minimum Gasteiger partial charge on any atom is -0.481 e. The average Bonchev–Trinajstić information content (AvgIpc) is 3.51. The Morgan fingerprint density at radius 1 is 0.788 bits per heavy atom. The Bertz CT molecular complexity index is 2080. The number of Topliss-reactive ketones (excluding diaryl/α,β-unsaturated/α-hetero) is 1. The van der Waals surface area contributed by atoms with Gasteiger partial charge < -0.3 is 24.6 Å². The molecule has 66 heavy (non-hydrogen) atoms. The van der Waals surface area contributed by atoms with Gasteiger partial charge in [-0.05, 0) is 162 Å². The summed E-state index contributed by atoms with van der Waals surface area (Å²) in [5.41, 5.74) is -0.739. The van der Waals surface area contributed by atoms with Gasteiger partial charge >= 0.3 is 23.9 Å². The molecule has 2 N–H and O–H groups in total. The van der Waals surface area contributed by atoms with E-state index in [0.29, 0.717) is 37.0 Å². The van der Waals surface area contributed by atoms with Crippen molar-refractivity contribution in [2.75, 3.05) is 33.7 Å². The van der Waals surface area contributed by atoms with Crippen LogP contribution in [0.15, 0.2) is 35.4 Å². The van der Waals surface area contributed by atoms with Gasteiger partial charge in [0.2, 0.25) is 0 Å². The molecule has 6 rings (SSSR count). The largest absolute Gasteiger partial charge is 0.481 e. The SMILES string of the molecule is CC(C)C1=C2C3CCC4C5(C)CCC(OC(=O)CC(C)(C)C(=O)O)C(C)(C)C5CCC4(C)C3(C)CCC2(C(CN(CCN(C)C)Cc2ccc(Cl)cc2)OC(=O)CC(C)(C)C(=O)O)CC1=O. The van der Waals surface area contributed by atoms with Gasteiger partial charge in [-0.3, -0.25) is 28.9 Å². The van der Waals surface area contributed by atoms with Crippen molar-refractivity contribution in [2.24, 2.45) is 61.6 Å². The molecular weight excluding hydrogens is 856 g/mol. The standard InChI is InChI=1S/C54H81ClN2O9/c1-33(2)44-37(58)28-54(41(66-43(60)30-49(5,6)47(63)64)32-57(27-26-56(12)13)31-34-14-16-35(55)17-15-34)25-24-52(10)36(45(44)54)18-19-39-51(9)22-21-40(65-42(59)29-48(3,4)46(61)62)50(7,8)38(51)20-23-53(39,52)11/h14-17,33,36,38-41H,18-32H2,1-13H3,(H,61,62)(H,63,64). The molecule has 0 saturated heterocycles. The molecule has 0 heterocycles. The van der Waals surface area contributed by atoms with Crippen molar-refractivity contribution >= 4 is 41.3 Å². The minimum atomic E-state index is -1.33. The number of carbonyl (C=O) groups is 5. The lowest BCUT2D eigenvalue weighted by atomic mass is 9.33. The Labute approximate surface area is 400 Å². The Hall–Kier alpha value is -3.28. The van der Waals surface area contributed by atoms with Crippen molar-refractivity contribution in [2.45, 2.75) is 166 Å². The number of carboxylic acid groups (broad SMARTS) is 2. The molecule has 1 aromatic carbocycles. The van der Waals surface area contributed by atoms with Crippen LogP contribution in [0.1, 0.15) is 152 Å². The predicted octanol–water partition coefficient (Wildman–Crippen LogP) is 10.5. The normalized spacial score (nSPS) is 32.3. The molecular formula is C54H81ClN2O9. The second-order valence-electron chi connectivity index (χ2n) is 24.6. The van der Waals surface area contributed by atoms with Crippen LogP contribution >= 0.6 is 11.6 Å². The molecule has 11 nitrogen and oxygen atoms in total. The van der Waals surface area contributed by atoms with Gasteiger partial charge in [-0.15, -0.1) is 0 Å². The first-order valence-corrected chi connectivity index (χ1v) is 25.1. The summed E-state index contributed by atoms with van der Waals surface area (Å²) in [7, 11) is 4.08. The van der Waals surface area contributed by atoms with E-state index in [1.54, 1.807) is 27.7 Å². The number of ketones is 1. The van der Waals surface area contributed by atoms with E-state index in [9.17, 15) is 34.2 Å². The fourth-order valence-electron chi connectivity index (χ4n) is 14.5. The third-order valence-corrected chi connectivity index (χ3v) is 18.8. The zero-order valence-electron chi connectivity index (χ0n) is 42.4. The number of hydrogen-bond acceptors (Lipinski definition) is 9. The minimum absolute atomic E-state index is 0.0309. The van der Waals surface area contributed by atoms with E-state index in [0.717, 1.165) is 62.6 Å². The summed E-state index contributed by atoms with van der Waals surface area (Å²) < 4.78 is 13.0. The van der Waals surface area contributed by atoms with Gasteiger partial charge in [0.1, 0.15) is 12.2 Å². The van der Waals surface area contributed by atoms with Crippen LogP contribution in [-0.2, 0) is 40.0 Å². The highest BCUT2D eigenvalue weighted by Crippen LogP contribution is 2.77. The number of hydrogen-bond donors (Lipinski definition) is 2. The smallest absolute Gasteiger partial charge is 0.309 e. The molecule has 0 amide bonds. The number of likely N-dealkylation sites (N-methyl/N-ethyl adjacent to an activating group) is 1. The molecule has 1 aromatic rings. The first-order chi connectivity index (χ1) is 30.4. The molecule has 0 spiro atoms. The summed E-state index contributed by atoms with van der Waals surface area (Å²) >= 11 is 6.31. The summed E-state index contributed by atoms with van der Waals surface area (Å²) in [6.45, 7) is 24.9. The number of esters is 2. The Morgan fingerprint density at radius 3 is 1.97 bits per heavy atom. The molecule has 12 heteroatoms. The van der Waals surface area contributed by atoms with Crippen LogP contribution in [0.2, 0.25) is 5.02 Å². The second-order valence-corrected chi connectivity index (χ2v) is 25.0. The molecule has 5 aliphatic carbocycles. The van der Waals surface area contributed by atoms with E-state index in [1.807, 2.05) is 38.4 Å². The lowest BCUT2D eigenvalue weighted by Crippen LogP contribution is -2.66. The first-order valence-electron chi connectivity index (χ1n) is 24.7. The van der Waals surface area contributed by atoms with Crippen molar-refractivity contribution in [3.8, 4) is 0 Å². The van der Waals surface area contributed by atoms with Gasteiger partial charge in [-0.2, -0.15) is 0 Å². The van der Waals surface area contributed by atoms with Gasteiger partial charge in [-0.1, -0.05) is 72.2 Å². The first kappa shape index (κ1) is 52.1. The molecule has 4 fully saturated rings. The summed E-state index contributed by atoms with van der Waals surface area (Å²) in [5, 5.41) is 20.4. The van der Waals surface area contributed by atoms with Gasteiger partial charge in [0.25, 0.3) is 0 Å². The molecule has 5 aliphatic rings. The number of rotatable bonds is 17. The third kappa shape index (κ3) is 9.41. The van der Waals surface area contributed by atoms with Crippen molar-refractivity contribution in [3.05, 3.63) is 46.0 Å². The monoisotopic (exact) mass is 937 g/mol. The van der Waals surface area contributed by atoms with E-state index >= 15 is 0 Å². The molecule has 9 unspecified atom stereocenters. The topological polar surface area (TPSA) is 151 Å². The summed E-state index contributed by atoms with van der Waals surface area (Å²) in [6, 6.07) is 7.81. The van der Waals surface area contributed by atoms with Crippen LogP contribution in [0.3, 0.4) is 0 Å². The van der Waals surface area contributed by atoms with Crippen molar-refractivity contribution < 1.29 is 43.7 Å². The van der Waals surface area contributed by atoms with Crippen LogP contribution in [0.4, 0.5) is 0 Å². The molecule has 4 saturated carbocycles. The summed E-state index contributed by atoms with van der Waals surface area (Å²) in [6.07, 6.45) is 5.84. The molecule has 0 radical (unpaired) electrons. The number of nitrogens with zero attached hydrogens (tertiary/aromatic N) is 2. The maximum absolute atomic E-state index is 14.8.